The van der Waals surface area contributed by atoms with Crippen molar-refractivity contribution in [3.63, 3.8) is 0 Å². The zero-order valence-corrected chi connectivity index (χ0v) is 11.3. The second-order valence-corrected chi connectivity index (χ2v) is 4.95. The molecule has 0 aliphatic carbocycles. The lowest BCUT2D eigenvalue weighted by atomic mass is 10.2. The van der Waals surface area contributed by atoms with Gasteiger partial charge in [-0.1, -0.05) is 26.0 Å². The van der Waals surface area contributed by atoms with E-state index in [4.69, 9.17) is 9.15 Å². The van der Waals surface area contributed by atoms with Gasteiger partial charge in [0.2, 0.25) is 0 Å². The summed E-state index contributed by atoms with van der Waals surface area (Å²) < 4.78 is 10.9. The monoisotopic (exact) mass is 264 g/mol. The maximum Gasteiger partial charge on any atom is 0.295 e. The van der Waals surface area contributed by atoms with Gasteiger partial charge in [-0.15, -0.1) is 0 Å². The molecule has 0 spiro atoms. The zero-order chi connectivity index (χ0) is 13.7. The highest BCUT2D eigenvalue weighted by atomic mass is 16.5. The molecule has 1 atom stereocenters. The highest BCUT2D eigenvalue weighted by Gasteiger charge is 2.08. The highest BCUT2D eigenvalue weighted by Crippen LogP contribution is 2.17. The smallest absolute Gasteiger partial charge is 0.295 e. The van der Waals surface area contributed by atoms with Crippen LogP contribution < -0.4 is 5.32 Å². The van der Waals surface area contributed by atoms with Gasteiger partial charge in [0.05, 0.1) is 12.7 Å². The number of para-hydroxylation sites is 2. The first-order valence-corrected chi connectivity index (χ1v) is 6.50. The van der Waals surface area contributed by atoms with Crippen LogP contribution in [0.15, 0.2) is 28.7 Å². The normalized spacial score (nSPS) is 13.1. The van der Waals surface area contributed by atoms with Crippen LogP contribution in [0.1, 0.15) is 13.8 Å². The summed E-state index contributed by atoms with van der Waals surface area (Å²) in [4.78, 5) is 4.26. The average Bonchev–Trinajstić information content (AvgIpc) is 2.78. The van der Waals surface area contributed by atoms with Crippen LogP contribution in [0.4, 0.5) is 6.01 Å². The number of nitrogens with one attached hydrogen (secondary N) is 1. The van der Waals surface area contributed by atoms with Crippen LogP contribution in [0.2, 0.25) is 0 Å². The van der Waals surface area contributed by atoms with Crippen LogP contribution >= 0.6 is 0 Å². The third-order valence-electron chi connectivity index (χ3n) is 2.54. The predicted octanol–water partition coefficient (Wildman–Crippen LogP) is 2.27. The molecule has 0 bridgehead atoms. The number of aromatic nitrogens is 1. The van der Waals surface area contributed by atoms with E-state index in [0.29, 0.717) is 31.7 Å². The summed E-state index contributed by atoms with van der Waals surface area (Å²) in [5.74, 6) is 0.470. The first kappa shape index (κ1) is 13.8. The van der Waals surface area contributed by atoms with Crippen molar-refractivity contribution in [2.45, 2.75) is 20.0 Å². The van der Waals surface area contributed by atoms with E-state index >= 15 is 0 Å². The van der Waals surface area contributed by atoms with Gasteiger partial charge >= 0.3 is 0 Å². The SMILES string of the molecule is CC(C)COCC(O)CNc1nc2ccccc2o1. The number of ether oxygens (including phenoxy) is 1. The third kappa shape index (κ3) is 4.22. The van der Waals surface area contributed by atoms with Crippen molar-refractivity contribution in [2.75, 3.05) is 25.1 Å². The molecular formula is C14H20N2O3. The Bertz CT molecular complexity index is 477. The summed E-state index contributed by atoms with van der Waals surface area (Å²) in [6, 6.07) is 7.96. The molecule has 2 aromatic rings. The molecule has 0 aliphatic heterocycles. The van der Waals surface area contributed by atoms with E-state index in [2.05, 4.69) is 24.1 Å². The molecule has 1 aromatic heterocycles. The molecule has 104 valence electrons. The summed E-state index contributed by atoms with van der Waals surface area (Å²) >= 11 is 0. The fourth-order valence-corrected chi connectivity index (χ4v) is 1.65. The van der Waals surface area contributed by atoms with E-state index < -0.39 is 6.10 Å². The summed E-state index contributed by atoms with van der Waals surface area (Å²) in [5, 5.41) is 12.7. The van der Waals surface area contributed by atoms with Gasteiger partial charge in [0.1, 0.15) is 5.52 Å². The molecule has 0 amide bonds. The van der Waals surface area contributed by atoms with Crippen molar-refractivity contribution in [2.24, 2.45) is 5.92 Å². The van der Waals surface area contributed by atoms with Gasteiger partial charge in [-0.25, -0.2) is 0 Å². The molecule has 1 unspecified atom stereocenters. The molecule has 0 radical (unpaired) electrons. The van der Waals surface area contributed by atoms with E-state index in [1.807, 2.05) is 24.3 Å². The Morgan fingerprint density at radius 3 is 2.84 bits per heavy atom. The van der Waals surface area contributed by atoms with E-state index in [1.165, 1.54) is 0 Å². The van der Waals surface area contributed by atoms with Crippen LogP contribution in [0.25, 0.3) is 11.1 Å². The van der Waals surface area contributed by atoms with Crippen molar-refractivity contribution in [1.29, 1.82) is 0 Å². The number of hydrogen-bond acceptors (Lipinski definition) is 5. The fraction of sp³-hybridized carbons (Fsp3) is 0.500. The van der Waals surface area contributed by atoms with Crippen LogP contribution in [-0.2, 0) is 4.74 Å². The van der Waals surface area contributed by atoms with E-state index in [1.54, 1.807) is 0 Å². The molecule has 5 nitrogen and oxygen atoms in total. The van der Waals surface area contributed by atoms with Crippen LogP contribution in [0.3, 0.4) is 0 Å². The molecule has 2 rings (SSSR count). The van der Waals surface area contributed by atoms with Gasteiger partial charge in [0.25, 0.3) is 6.01 Å². The molecule has 1 heterocycles. The van der Waals surface area contributed by atoms with E-state index in [0.717, 1.165) is 11.1 Å². The largest absolute Gasteiger partial charge is 0.424 e. The Labute approximate surface area is 112 Å². The quantitative estimate of drug-likeness (QED) is 0.803. The number of aliphatic hydroxyl groups excluding tert-OH is 1. The van der Waals surface area contributed by atoms with Crippen molar-refractivity contribution < 1.29 is 14.3 Å². The molecule has 5 heteroatoms. The van der Waals surface area contributed by atoms with Gasteiger partial charge in [-0.3, -0.25) is 0 Å². The molecule has 2 N–H and O–H groups in total. The Morgan fingerprint density at radius 1 is 1.32 bits per heavy atom. The number of benzene rings is 1. The first-order valence-electron chi connectivity index (χ1n) is 6.50. The summed E-state index contributed by atoms with van der Waals surface area (Å²) in [5.41, 5.74) is 1.53. The lowest BCUT2D eigenvalue weighted by molar-refractivity contribution is 0.0316. The van der Waals surface area contributed by atoms with Crippen LogP contribution in [0.5, 0.6) is 0 Å². The van der Waals surface area contributed by atoms with Gasteiger partial charge in [-0.05, 0) is 18.1 Å². The number of rotatable bonds is 7. The number of fused-ring (bicyclic) bond motifs is 1. The van der Waals surface area contributed by atoms with Crippen molar-refractivity contribution in [3.05, 3.63) is 24.3 Å². The van der Waals surface area contributed by atoms with Gasteiger partial charge in [0, 0.05) is 13.2 Å². The highest BCUT2D eigenvalue weighted by molar-refractivity contribution is 5.74. The van der Waals surface area contributed by atoms with Crippen LogP contribution in [0, 0.1) is 5.92 Å². The maximum absolute atomic E-state index is 9.74. The molecule has 19 heavy (non-hydrogen) atoms. The fourth-order valence-electron chi connectivity index (χ4n) is 1.65. The molecule has 0 saturated carbocycles. The van der Waals surface area contributed by atoms with E-state index in [-0.39, 0.29) is 0 Å². The van der Waals surface area contributed by atoms with Gasteiger partial charge in [-0.2, -0.15) is 4.98 Å². The number of hydrogen-bond donors (Lipinski definition) is 2. The maximum atomic E-state index is 9.74. The van der Waals surface area contributed by atoms with Crippen molar-refractivity contribution in [3.8, 4) is 0 Å². The minimum absolute atomic E-state index is 0.311. The van der Waals surface area contributed by atoms with Crippen LogP contribution in [-0.4, -0.2) is 36.0 Å². The number of oxazole rings is 1. The molecule has 0 aliphatic rings. The average molecular weight is 264 g/mol. The van der Waals surface area contributed by atoms with E-state index in [9.17, 15) is 5.11 Å². The van der Waals surface area contributed by atoms with Crippen molar-refractivity contribution in [1.82, 2.24) is 4.98 Å². The van der Waals surface area contributed by atoms with Crippen molar-refractivity contribution >= 4 is 17.1 Å². The Kier molecular flexibility index (Phi) is 4.76. The second kappa shape index (κ2) is 6.54. The minimum atomic E-state index is -0.575. The lowest BCUT2D eigenvalue weighted by Crippen LogP contribution is -2.25. The molecule has 1 aromatic carbocycles. The predicted molar refractivity (Wildman–Crippen MR) is 74.2 cm³/mol. The summed E-state index contributed by atoms with van der Waals surface area (Å²) in [6.45, 7) is 5.46. The van der Waals surface area contributed by atoms with Gasteiger partial charge in [0.15, 0.2) is 5.58 Å². The third-order valence-corrected chi connectivity index (χ3v) is 2.54. The number of anilines is 1. The molecular weight excluding hydrogens is 244 g/mol. The first-order chi connectivity index (χ1) is 9.15. The summed E-state index contributed by atoms with van der Waals surface area (Å²) in [6.07, 6.45) is -0.575. The Balaban J connectivity index is 1.78. The van der Waals surface area contributed by atoms with Gasteiger partial charge < -0.3 is 19.6 Å². The zero-order valence-electron chi connectivity index (χ0n) is 11.3. The lowest BCUT2D eigenvalue weighted by Gasteiger charge is -2.12. The number of nitrogens with zero attached hydrogens (tertiary/aromatic N) is 1. The summed E-state index contributed by atoms with van der Waals surface area (Å²) in [7, 11) is 0. The standard InChI is InChI=1S/C14H20N2O3/c1-10(2)8-18-9-11(17)7-15-14-16-12-5-3-4-6-13(12)19-14/h3-6,10-11,17H,7-9H2,1-2H3,(H,15,16). The minimum Gasteiger partial charge on any atom is -0.424 e. The second-order valence-electron chi connectivity index (χ2n) is 4.95. The Hall–Kier alpha value is -1.59. The topological polar surface area (TPSA) is 67.5 Å². The number of aliphatic hydroxyl groups is 1. The Morgan fingerprint density at radius 2 is 2.11 bits per heavy atom. The molecule has 0 saturated heterocycles. The molecule has 0 fully saturated rings.